The molecule has 1 fully saturated rings. The summed E-state index contributed by atoms with van der Waals surface area (Å²) in [5.41, 5.74) is 6.50. The molecule has 0 saturated carbocycles. The van der Waals surface area contributed by atoms with Gasteiger partial charge in [0.05, 0.1) is 0 Å². The van der Waals surface area contributed by atoms with Crippen molar-refractivity contribution in [2.75, 3.05) is 13.1 Å². The molecule has 5 nitrogen and oxygen atoms in total. The number of hydrogen-bond acceptors (Lipinski definition) is 3. The molecule has 0 radical (unpaired) electrons. The molecule has 3 N–H and O–H groups in total. The van der Waals surface area contributed by atoms with Crippen LogP contribution in [0.4, 0.5) is 0 Å². The molecule has 0 amide bonds. The summed E-state index contributed by atoms with van der Waals surface area (Å²) in [7, 11) is -3.50. The highest BCUT2D eigenvalue weighted by Crippen LogP contribution is 2.19. The van der Waals surface area contributed by atoms with Crippen molar-refractivity contribution in [3.63, 3.8) is 0 Å². The fourth-order valence-electron chi connectivity index (χ4n) is 2.43. The van der Waals surface area contributed by atoms with Gasteiger partial charge in [-0.1, -0.05) is 30.2 Å². The Hall–Kier alpha value is -0.660. The topological polar surface area (TPSA) is 75.4 Å². The van der Waals surface area contributed by atoms with Crippen molar-refractivity contribution >= 4 is 21.8 Å². The van der Waals surface area contributed by atoms with Gasteiger partial charge in [-0.15, -0.1) is 0 Å². The zero-order valence-corrected chi connectivity index (χ0v) is 12.8. The van der Waals surface area contributed by atoms with E-state index in [1.54, 1.807) is 18.2 Å². The van der Waals surface area contributed by atoms with Crippen molar-refractivity contribution in [3.05, 3.63) is 34.9 Å². The molecule has 0 aromatic heterocycles. The number of nitrogens with zero attached hydrogens (tertiary/aromatic N) is 1. The van der Waals surface area contributed by atoms with Crippen LogP contribution in [0.3, 0.4) is 0 Å². The zero-order chi connectivity index (χ0) is 14.6. The van der Waals surface area contributed by atoms with E-state index in [9.17, 15) is 8.42 Å². The number of nitrogens with two attached hydrogens (primary N) is 1. The van der Waals surface area contributed by atoms with Gasteiger partial charge in [-0.05, 0) is 30.5 Å². The second kappa shape index (κ2) is 6.87. The maximum atomic E-state index is 12.3. The van der Waals surface area contributed by atoms with Crippen LogP contribution in [-0.2, 0) is 16.8 Å². The molecule has 0 bridgehead atoms. The Balaban J connectivity index is 2.03. The van der Waals surface area contributed by atoms with Gasteiger partial charge in [0.1, 0.15) is 0 Å². The number of rotatable bonds is 5. The van der Waals surface area contributed by atoms with Crippen molar-refractivity contribution in [2.45, 2.75) is 31.8 Å². The normalized spacial score (nSPS) is 21.0. The Morgan fingerprint density at radius 1 is 1.40 bits per heavy atom. The SMILES string of the molecule is NCC1CCCCN1S(=O)(=O)NCc1cccc(Cl)c1. The standard InChI is InChI=1S/C13H20ClN3O2S/c14-12-5-3-4-11(8-12)10-16-20(18,19)17-7-2-1-6-13(17)9-15/h3-5,8,13,16H,1-2,6-7,9-10,15H2. The van der Waals surface area contributed by atoms with E-state index in [4.69, 9.17) is 17.3 Å². The average molecular weight is 318 g/mol. The molecular weight excluding hydrogens is 298 g/mol. The quantitative estimate of drug-likeness (QED) is 0.864. The second-order valence-corrected chi connectivity index (χ2v) is 7.10. The van der Waals surface area contributed by atoms with Gasteiger partial charge in [0, 0.05) is 30.7 Å². The Morgan fingerprint density at radius 3 is 2.90 bits per heavy atom. The smallest absolute Gasteiger partial charge is 0.280 e. The van der Waals surface area contributed by atoms with E-state index in [2.05, 4.69) is 4.72 Å². The maximum Gasteiger partial charge on any atom is 0.280 e. The van der Waals surface area contributed by atoms with Gasteiger partial charge in [0.15, 0.2) is 0 Å². The predicted octanol–water partition coefficient (Wildman–Crippen LogP) is 1.49. The van der Waals surface area contributed by atoms with Crippen LogP contribution in [0.1, 0.15) is 24.8 Å². The molecule has 1 unspecified atom stereocenters. The first-order chi connectivity index (χ1) is 9.53. The first-order valence-electron chi connectivity index (χ1n) is 6.74. The lowest BCUT2D eigenvalue weighted by Gasteiger charge is -2.33. The van der Waals surface area contributed by atoms with Crippen molar-refractivity contribution in [2.24, 2.45) is 5.73 Å². The molecule has 0 spiro atoms. The zero-order valence-electron chi connectivity index (χ0n) is 11.3. The third kappa shape index (κ3) is 3.93. The van der Waals surface area contributed by atoms with Gasteiger partial charge < -0.3 is 5.73 Å². The lowest BCUT2D eigenvalue weighted by Crippen LogP contribution is -2.51. The maximum absolute atomic E-state index is 12.3. The molecule has 1 aromatic rings. The number of halogens is 1. The van der Waals surface area contributed by atoms with Gasteiger partial charge in [0.2, 0.25) is 0 Å². The number of hydrogen-bond donors (Lipinski definition) is 2. The van der Waals surface area contributed by atoms with Crippen molar-refractivity contribution in [1.29, 1.82) is 0 Å². The minimum atomic E-state index is -3.50. The molecular formula is C13H20ClN3O2S. The van der Waals surface area contributed by atoms with Gasteiger partial charge in [-0.2, -0.15) is 17.4 Å². The Kier molecular flexibility index (Phi) is 5.40. The summed E-state index contributed by atoms with van der Waals surface area (Å²) in [6, 6.07) is 7.05. The molecule has 20 heavy (non-hydrogen) atoms. The fraction of sp³-hybridized carbons (Fsp3) is 0.538. The summed E-state index contributed by atoms with van der Waals surface area (Å²) in [6.45, 7) is 1.13. The van der Waals surface area contributed by atoms with Crippen LogP contribution in [0.15, 0.2) is 24.3 Å². The van der Waals surface area contributed by atoms with Crippen LogP contribution in [0.2, 0.25) is 5.02 Å². The molecule has 1 aliphatic rings. The lowest BCUT2D eigenvalue weighted by molar-refractivity contribution is 0.254. The van der Waals surface area contributed by atoms with Gasteiger partial charge >= 0.3 is 0 Å². The first-order valence-corrected chi connectivity index (χ1v) is 8.55. The lowest BCUT2D eigenvalue weighted by atomic mass is 10.1. The Bertz CT molecular complexity index is 550. The summed E-state index contributed by atoms with van der Waals surface area (Å²) in [4.78, 5) is 0. The van der Waals surface area contributed by atoms with E-state index in [1.165, 1.54) is 4.31 Å². The van der Waals surface area contributed by atoms with E-state index < -0.39 is 10.2 Å². The molecule has 1 aromatic carbocycles. The van der Waals surface area contributed by atoms with E-state index in [0.29, 0.717) is 18.1 Å². The summed E-state index contributed by atoms with van der Waals surface area (Å²) in [6.07, 6.45) is 2.74. The summed E-state index contributed by atoms with van der Waals surface area (Å²) >= 11 is 5.88. The fourth-order valence-corrected chi connectivity index (χ4v) is 4.11. The molecule has 2 rings (SSSR count). The minimum absolute atomic E-state index is 0.0967. The largest absolute Gasteiger partial charge is 0.329 e. The molecule has 0 aliphatic carbocycles. The van der Waals surface area contributed by atoms with Crippen LogP contribution in [0.25, 0.3) is 0 Å². The summed E-state index contributed by atoms with van der Waals surface area (Å²) < 4.78 is 28.8. The van der Waals surface area contributed by atoms with Crippen molar-refractivity contribution < 1.29 is 8.42 Å². The van der Waals surface area contributed by atoms with E-state index in [-0.39, 0.29) is 12.6 Å². The first kappa shape index (κ1) is 15.7. The number of nitrogens with one attached hydrogen (secondary N) is 1. The van der Waals surface area contributed by atoms with Crippen LogP contribution in [-0.4, -0.2) is 31.9 Å². The Labute approximate surface area is 125 Å². The number of benzene rings is 1. The van der Waals surface area contributed by atoms with Crippen LogP contribution < -0.4 is 10.5 Å². The molecule has 7 heteroatoms. The minimum Gasteiger partial charge on any atom is -0.329 e. The molecule has 1 saturated heterocycles. The number of piperidine rings is 1. The molecule has 1 heterocycles. The monoisotopic (exact) mass is 317 g/mol. The average Bonchev–Trinajstić information content (AvgIpc) is 2.45. The van der Waals surface area contributed by atoms with Crippen LogP contribution >= 0.6 is 11.6 Å². The van der Waals surface area contributed by atoms with Gasteiger partial charge in [0.25, 0.3) is 10.2 Å². The highest BCUT2D eigenvalue weighted by atomic mass is 35.5. The third-order valence-electron chi connectivity index (χ3n) is 3.50. The van der Waals surface area contributed by atoms with Crippen molar-refractivity contribution in [1.82, 2.24) is 9.03 Å². The van der Waals surface area contributed by atoms with E-state index >= 15 is 0 Å². The van der Waals surface area contributed by atoms with Crippen LogP contribution in [0.5, 0.6) is 0 Å². The van der Waals surface area contributed by atoms with E-state index in [1.807, 2.05) is 6.07 Å². The summed E-state index contributed by atoms with van der Waals surface area (Å²) in [5, 5.41) is 0.597. The van der Waals surface area contributed by atoms with Gasteiger partial charge in [-0.25, -0.2) is 0 Å². The molecule has 1 atom stereocenters. The molecule has 1 aliphatic heterocycles. The van der Waals surface area contributed by atoms with Crippen molar-refractivity contribution in [3.8, 4) is 0 Å². The van der Waals surface area contributed by atoms with Gasteiger partial charge in [-0.3, -0.25) is 0 Å². The van der Waals surface area contributed by atoms with Crippen LogP contribution in [0, 0.1) is 0 Å². The van der Waals surface area contributed by atoms with E-state index in [0.717, 1.165) is 24.8 Å². The third-order valence-corrected chi connectivity index (χ3v) is 5.34. The second-order valence-electron chi connectivity index (χ2n) is 4.95. The Morgan fingerprint density at radius 2 is 2.20 bits per heavy atom. The highest BCUT2D eigenvalue weighted by molar-refractivity contribution is 7.87. The summed E-state index contributed by atoms with van der Waals surface area (Å²) in [5.74, 6) is 0. The predicted molar refractivity (Wildman–Crippen MR) is 80.6 cm³/mol. The highest BCUT2D eigenvalue weighted by Gasteiger charge is 2.30. The molecule has 112 valence electrons.